The molecular weight excluding hydrogens is 444 g/mol. The van der Waals surface area contributed by atoms with E-state index in [0.717, 1.165) is 25.7 Å². The maximum atomic E-state index is 12.8. The molecule has 1 saturated carbocycles. The Balaban J connectivity index is 1.46. The third kappa shape index (κ3) is 5.86. The standard InChI is InChI=1S/C23H36N4O5S/c1-2-24-22(28)27-14-6-13-23(17-31-15-16-33(29,30)26-23)21(27)25-32-20-11-9-19(10-12-20)18-7-4-3-5-8-18/h3-5,7-8,19-21,25-26H,2,6,9-17H2,1H3,(H,24,28). The van der Waals surface area contributed by atoms with Gasteiger partial charge in [-0.15, -0.1) is 0 Å². The van der Waals surface area contributed by atoms with E-state index >= 15 is 0 Å². The van der Waals surface area contributed by atoms with Crippen LogP contribution >= 0.6 is 0 Å². The highest BCUT2D eigenvalue weighted by Crippen LogP contribution is 2.34. The van der Waals surface area contributed by atoms with E-state index in [9.17, 15) is 13.2 Å². The second-order valence-electron chi connectivity index (χ2n) is 9.28. The first-order valence-corrected chi connectivity index (χ1v) is 13.7. The van der Waals surface area contributed by atoms with Crippen molar-refractivity contribution in [1.29, 1.82) is 0 Å². The van der Waals surface area contributed by atoms with Gasteiger partial charge in [-0.1, -0.05) is 30.3 Å². The topological polar surface area (TPSA) is 109 Å². The first kappa shape index (κ1) is 24.4. The molecule has 1 aromatic carbocycles. The molecule has 2 heterocycles. The second-order valence-corrected chi connectivity index (χ2v) is 11.1. The van der Waals surface area contributed by atoms with Crippen molar-refractivity contribution in [3.8, 4) is 0 Å². The van der Waals surface area contributed by atoms with Crippen LogP contribution in [0.5, 0.6) is 0 Å². The van der Waals surface area contributed by atoms with Crippen molar-refractivity contribution in [1.82, 2.24) is 20.4 Å². The molecule has 2 unspecified atom stereocenters. The van der Waals surface area contributed by atoms with E-state index in [1.54, 1.807) is 4.90 Å². The van der Waals surface area contributed by atoms with Gasteiger partial charge in [0.1, 0.15) is 6.17 Å². The van der Waals surface area contributed by atoms with Crippen LogP contribution in [0.15, 0.2) is 30.3 Å². The number of urea groups is 1. The van der Waals surface area contributed by atoms with Crippen LogP contribution in [0.3, 0.4) is 0 Å². The number of amides is 2. The van der Waals surface area contributed by atoms with E-state index < -0.39 is 21.7 Å². The molecule has 2 amide bonds. The number of sulfonamides is 1. The number of piperidine rings is 1. The minimum absolute atomic E-state index is 0.00308. The van der Waals surface area contributed by atoms with Crippen LogP contribution in [0.25, 0.3) is 0 Å². The molecule has 0 aromatic heterocycles. The summed E-state index contributed by atoms with van der Waals surface area (Å²) in [6, 6.07) is 10.3. The number of hydrogen-bond donors (Lipinski definition) is 3. The lowest BCUT2D eigenvalue weighted by molar-refractivity contribution is -0.120. The van der Waals surface area contributed by atoms with Gasteiger partial charge in [0.05, 0.1) is 30.6 Å². The maximum Gasteiger partial charge on any atom is 0.318 e. The highest BCUT2D eigenvalue weighted by atomic mass is 32.2. The van der Waals surface area contributed by atoms with E-state index in [-0.39, 0.29) is 31.1 Å². The summed E-state index contributed by atoms with van der Waals surface area (Å²) in [5.41, 5.74) is 3.51. The molecule has 9 nitrogen and oxygen atoms in total. The largest absolute Gasteiger partial charge is 0.378 e. The van der Waals surface area contributed by atoms with Crippen LogP contribution in [-0.4, -0.2) is 69.2 Å². The first-order chi connectivity index (χ1) is 15.9. The summed E-state index contributed by atoms with van der Waals surface area (Å²) < 4.78 is 33.7. The Morgan fingerprint density at radius 2 is 2.00 bits per heavy atom. The van der Waals surface area contributed by atoms with Gasteiger partial charge in [0, 0.05) is 13.1 Å². The van der Waals surface area contributed by atoms with Crippen molar-refractivity contribution in [2.24, 2.45) is 0 Å². The monoisotopic (exact) mass is 480 g/mol. The van der Waals surface area contributed by atoms with Gasteiger partial charge in [-0.05, 0) is 56.9 Å². The number of likely N-dealkylation sites (tertiary alicyclic amines) is 1. The zero-order chi connectivity index (χ0) is 23.3. The SMILES string of the molecule is CCNC(=O)N1CCCC2(COCCS(=O)(=O)N2)C1NOC1CCC(c2ccccc2)CC1. The minimum Gasteiger partial charge on any atom is -0.378 e. The fraction of sp³-hybridized carbons (Fsp3) is 0.696. The van der Waals surface area contributed by atoms with Crippen molar-refractivity contribution in [3.05, 3.63) is 35.9 Å². The Morgan fingerprint density at radius 3 is 2.73 bits per heavy atom. The maximum absolute atomic E-state index is 12.8. The van der Waals surface area contributed by atoms with E-state index in [4.69, 9.17) is 9.57 Å². The minimum atomic E-state index is -3.53. The van der Waals surface area contributed by atoms with Gasteiger partial charge < -0.3 is 15.0 Å². The summed E-state index contributed by atoms with van der Waals surface area (Å²) in [5.74, 6) is 0.438. The zero-order valence-corrected chi connectivity index (χ0v) is 20.1. The molecule has 0 bridgehead atoms. The lowest BCUT2D eigenvalue weighted by atomic mass is 9.83. The predicted molar refractivity (Wildman–Crippen MR) is 125 cm³/mol. The average Bonchev–Trinajstić information content (AvgIpc) is 2.97. The number of ether oxygens (including phenoxy) is 1. The third-order valence-corrected chi connectivity index (χ3v) is 8.37. The second kappa shape index (κ2) is 10.7. The lowest BCUT2D eigenvalue weighted by Gasteiger charge is -2.49. The van der Waals surface area contributed by atoms with Gasteiger partial charge in [0.2, 0.25) is 10.0 Å². The fourth-order valence-electron chi connectivity index (χ4n) is 5.25. The molecular formula is C23H36N4O5S. The van der Waals surface area contributed by atoms with Crippen LogP contribution < -0.4 is 15.5 Å². The average molecular weight is 481 g/mol. The van der Waals surface area contributed by atoms with Crippen LogP contribution in [0.2, 0.25) is 0 Å². The molecule has 10 heteroatoms. The number of nitrogens with zero attached hydrogens (tertiary/aromatic N) is 1. The molecule has 4 rings (SSSR count). The number of carbonyl (C=O) groups excluding carboxylic acids is 1. The molecule has 2 aliphatic heterocycles. The number of rotatable bonds is 5. The Bertz CT molecular complexity index is 891. The van der Waals surface area contributed by atoms with Crippen LogP contribution in [-0.2, 0) is 19.6 Å². The van der Waals surface area contributed by atoms with E-state index in [0.29, 0.717) is 31.8 Å². The Hall–Kier alpha value is -1.72. The lowest BCUT2D eigenvalue weighted by Crippen LogP contribution is -2.73. The molecule has 2 atom stereocenters. The molecule has 2 saturated heterocycles. The number of nitrogens with one attached hydrogen (secondary N) is 3. The van der Waals surface area contributed by atoms with E-state index in [1.165, 1.54) is 5.56 Å². The molecule has 33 heavy (non-hydrogen) atoms. The molecule has 3 fully saturated rings. The molecule has 1 aromatic rings. The Kier molecular flexibility index (Phi) is 7.91. The van der Waals surface area contributed by atoms with Gasteiger partial charge in [0.25, 0.3) is 0 Å². The van der Waals surface area contributed by atoms with Crippen molar-refractivity contribution in [3.63, 3.8) is 0 Å². The number of hydrogen-bond acceptors (Lipinski definition) is 6. The molecule has 184 valence electrons. The highest BCUT2D eigenvalue weighted by molar-refractivity contribution is 7.89. The van der Waals surface area contributed by atoms with Gasteiger partial charge in [-0.2, -0.15) is 5.48 Å². The highest BCUT2D eigenvalue weighted by Gasteiger charge is 2.50. The van der Waals surface area contributed by atoms with Crippen LogP contribution in [0.4, 0.5) is 4.79 Å². The number of hydroxylamine groups is 1. The smallest absolute Gasteiger partial charge is 0.318 e. The third-order valence-electron chi connectivity index (χ3n) is 6.95. The van der Waals surface area contributed by atoms with Gasteiger partial charge >= 0.3 is 6.03 Å². The molecule has 1 spiro atoms. The first-order valence-electron chi connectivity index (χ1n) is 12.0. The Morgan fingerprint density at radius 1 is 1.24 bits per heavy atom. The van der Waals surface area contributed by atoms with Gasteiger partial charge in [-0.25, -0.2) is 17.9 Å². The number of benzene rings is 1. The fourth-order valence-corrected chi connectivity index (χ4v) is 6.58. The van der Waals surface area contributed by atoms with Gasteiger partial charge in [0.15, 0.2) is 0 Å². The predicted octanol–water partition coefficient (Wildman–Crippen LogP) is 2.07. The zero-order valence-electron chi connectivity index (χ0n) is 19.3. The molecule has 1 aliphatic carbocycles. The van der Waals surface area contributed by atoms with Crippen LogP contribution in [0, 0.1) is 0 Å². The van der Waals surface area contributed by atoms with Crippen molar-refractivity contribution in [2.45, 2.75) is 69.2 Å². The van der Waals surface area contributed by atoms with Gasteiger partial charge in [-0.3, -0.25) is 4.84 Å². The number of carbonyl (C=O) groups is 1. The summed E-state index contributed by atoms with van der Waals surface area (Å²) in [4.78, 5) is 20.6. The van der Waals surface area contributed by atoms with E-state index in [2.05, 4.69) is 39.8 Å². The van der Waals surface area contributed by atoms with Crippen molar-refractivity contribution < 1.29 is 22.8 Å². The molecule has 3 aliphatic rings. The summed E-state index contributed by atoms with van der Waals surface area (Å²) in [6.45, 7) is 3.18. The van der Waals surface area contributed by atoms with E-state index in [1.807, 2.05) is 13.0 Å². The molecule has 0 radical (unpaired) electrons. The quantitative estimate of drug-likeness (QED) is 0.557. The Labute approximate surface area is 196 Å². The molecule has 3 N–H and O–H groups in total. The normalized spacial score (nSPS) is 32.3. The summed E-state index contributed by atoms with van der Waals surface area (Å²) in [7, 11) is -3.53. The summed E-state index contributed by atoms with van der Waals surface area (Å²) in [6.07, 6.45) is 4.42. The summed E-state index contributed by atoms with van der Waals surface area (Å²) in [5, 5.41) is 2.84. The van der Waals surface area contributed by atoms with Crippen LogP contribution in [0.1, 0.15) is 56.9 Å². The van der Waals surface area contributed by atoms with Crippen molar-refractivity contribution in [2.75, 3.05) is 32.1 Å². The van der Waals surface area contributed by atoms with Crippen molar-refractivity contribution >= 4 is 16.1 Å². The summed E-state index contributed by atoms with van der Waals surface area (Å²) >= 11 is 0.